The van der Waals surface area contributed by atoms with Crippen molar-refractivity contribution in [1.29, 1.82) is 0 Å². The van der Waals surface area contributed by atoms with E-state index >= 15 is 0 Å². The van der Waals surface area contributed by atoms with E-state index in [0.717, 1.165) is 19.5 Å². The number of hydrogen-bond donors (Lipinski definition) is 3. The number of carbonyl (C=O) groups excluding carboxylic acids is 1. The molecule has 0 aromatic rings. The van der Waals surface area contributed by atoms with Crippen LogP contribution in [-0.2, 0) is 4.74 Å². The number of amides is 1. The third-order valence-electron chi connectivity index (χ3n) is 3.43. The molecule has 0 spiro atoms. The summed E-state index contributed by atoms with van der Waals surface area (Å²) < 4.78 is 5.14. The van der Waals surface area contributed by atoms with Crippen molar-refractivity contribution in [2.45, 2.75) is 45.6 Å². The molecule has 0 radical (unpaired) electrons. The van der Waals surface area contributed by atoms with Crippen LogP contribution in [0.1, 0.15) is 40.0 Å². The summed E-state index contributed by atoms with van der Waals surface area (Å²) in [4.78, 5) is 11.4. The first-order valence-electron chi connectivity index (χ1n) is 7.21. The number of ether oxygens (including phenoxy) is 1. The second kappa shape index (κ2) is 7.70. The van der Waals surface area contributed by atoms with Crippen LogP contribution in [0.25, 0.3) is 0 Å². The lowest BCUT2D eigenvalue weighted by molar-refractivity contribution is 0.0528. The smallest absolute Gasteiger partial charge is 0.407 e. The summed E-state index contributed by atoms with van der Waals surface area (Å²) in [6.07, 6.45) is 3.17. The summed E-state index contributed by atoms with van der Waals surface area (Å²) in [7, 11) is 0. The van der Waals surface area contributed by atoms with E-state index in [0.29, 0.717) is 25.0 Å². The van der Waals surface area contributed by atoms with E-state index in [9.17, 15) is 9.90 Å². The lowest BCUT2D eigenvalue weighted by atomic mass is 9.97. The highest BCUT2D eigenvalue weighted by molar-refractivity contribution is 5.67. The van der Waals surface area contributed by atoms with Crippen molar-refractivity contribution in [2.75, 3.05) is 26.2 Å². The van der Waals surface area contributed by atoms with Gasteiger partial charge in [-0.15, -0.1) is 0 Å². The predicted molar refractivity (Wildman–Crippen MR) is 75.0 cm³/mol. The summed E-state index contributed by atoms with van der Waals surface area (Å²) in [5, 5.41) is 15.3. The van der Waals surface area contributed by atoms with Crippen LogP contribution in [0.5, 0.6) is 0 Å². The Morgan fingerprint density at radius 3 is 2.58 bits per heavy atom. The average Bonchev–Trinajstić information content (AvgIpc) is 2.73. The molecular formula is C14H28N2O3. The van der Waals surface area contributed by atoms with Gasteiger partial charge in [-0.05, 0) is 52.0 Å². The second-order valence-corrected chi connectivity index (χ2v) is 6.27. The van der Waals surface area contributed by atoms with Crippen LogP contribution in [-0.4, -0.2) is 43.0 Å². The Bertz CT molecular complexity index is 276. The first kappa shape index (κ1) is 16.2. The van der Waals surface area contributed by atoms with Crippen LogP contribution in [0.3, 0.4) is 0 Å². The Morgan fingerprint density at radius 1 is 1.26 bits per heavy atom. The highest BCUT2D eigenvalue weighted by Crippen LogP contribution is 2.30. The third kappa shape index (κ3) is 6.78. The first-order valence-corrected chi connectivity index (χ1v) is 7.21. The molecule has 1 rings (SSSR count). The van der Waals surface area contributed by atoms with Gasteiger partial charge < -0.3 is 20.5 Å². The average molecular weight is 272 g/mol. The Kier molecular flexibility index (Phi) is 6.58. The fourth-order valence-corrected chi connectivity index (χ4v) is 2.48. The van der Waals surface area contributed by atoms with Gasteiger partial charge in [0, 0.05) is 19.7 Å². The summed E-state index contributed by atoms with van der Waals surface area (Å²) in [5.41, 5.74) is -0.449. The van der Waals surface area contributed by atoms with Crippen LogP contribution < -0.4 is 10.6 Å². The molecular weight excluding hydrogens is 244 g/mol. The van der Waals surface area contributed by atoms with Gasteiger partial charge in [0.1, 0.15) is 5.60 Å². The highest BCUT2D eigenvalue weighted by atomic mass is 16.6. The molecule has 1 fully saturated rings. The fourth-order valence-electron chi connectivity index (χ4n) is 2.48. The molecule has 0 aromatic carbocycles. The molecule has 1 saturated carbocycles. The molecule has 1 aliphatic carbocycles. The predicted octanol–water partition coefficient (Wildman–Crippen LogP) is 1.51. The number of hydrogen-bond acceptors (Lipinski definition) is 4. The van der Waals surface area contributed by atoms with E-state index in [2.05, 4.69) is 10.6 Å². The van der Waals surface area contributed by atoms with Crippen molar-refractivity contribution in [3.63, 3.8) is 0 Å². The summed E-state index contributed by atoms with van der Waals surface area (Å²) in [5.74, 6) is 1.03. The summed E-state index contributed by atoms with van der Waals surface area (Å²) in [6.45, 7) is 8.04. The lowest BCUT2D eigenvalue weighted by Crippen LogP contribution is -2.37. The van der Waals surface area contributed by atoms with Gasteiger partial charge in [-0.1, -0.05) is 6.42 Å². The van der Waals surface area contributed by atoms with E-state index < -0.39 is 5.60 Å². The van der Waals surface area contributed by atoms with Gasteiger partial charge in [-0.25, -0.2) is 4.79 Å². The SMILES string of the molecule is CC(C)(C)OC(=O)NCCNCC1CCCC1CO. The minimum atomic E-state index is -0.449. The van der Waals surface area contributed by atoms with Crippen LogP contribution >= 0.6 is 0 Å². The molecule has 19 heavy (non-hydrogen) atoms. The molecule has 0 aliphatic heterocycles. The third-order valence-corrected chi connectivity index (χ3v) is 3.43. The van der Waals surface area contributed by atoms with Gasteiger partial charge in [0.25, 0.3) is 0 Å². The minimum Gasteiger partial charge on any atom is -0.444 e. The molecule has 3 N–H and O–H groups in total. The Balaban J connectivity index is 2.03. The van der Waals surface area contributed by atoms with Gasteiger partial charge in [-0.2, -0.15) is 0 Å². The molecule has 0 saturated heterocycles. The number of rotatable bonds is 6. The second-order valence-electron chi connectivity index (χ2n) is 6.27. The van der Waals surface area contributed by atoms with Gasteiger partial charge in [0.15, 0.2) is 0 Å². The molecule has 0 aromatic heterocycles. The molecule has 5 nitrogen and oxygen atoms in total. The van der Waals surface area contributed by atoms with Crippen LogP contribution in [0.2, 0.25) is 0 Å². The molecule has 1 aliphatic rings. The zero-order valence-corrected chi connectivity index (χ0v) is 12.4. The first-order chi connectivity index (χ1) is 8.92. The number of aliphatic hydroxyl groups is 1. The van der Waals surface area contributed by atoms with E-state index in [1.165, 1.54) is 12.8 Å². The largest absolute Gasteiger partial charge is 0.444 e. The summed E-state index contributed by atoms with van der Waals surface area (Å²) >= 11 is 0. The van der Waals surface area contributed by atoms with E-state index in [4.69, 9.17) is 4.74 Å². The zero-order chi connectivity index (χ0) is 14.3. The zero-order valence-electron chi connectivity index (χ0n) is 12.4. The normalized spacial score (nSPS) is 23.4. The number of alkyl carbamates (subject to hydrolysis) is 1. The van der Waals surface area contributed by atoms with Crippen molar-refractivity contribution in [3.05, 3.63) is 0 Å². The van der Waals surface area contributed by atoms with Crippen molar-refractivity contribution < 1.29 is 14.6 Å². The lowest BCUT2D eigenvalue weighted by Gasteiger charge is -2.20. The Morgan fingerprint density at radius 2 is 1.95 bits per heavy atom. The van der Waals surface area contributed by atoms with Gasteiger partial charge in [0.05, 0.1) is 0 Å². The summed E-state index contributed by atoms with van der Waals surface area (Å²) in [6, 6.07) is 0. The molecule has 0 bridgehead atoms. The minimum absolute atomic E-state index is 0.294. The monoisotopic (exact) mass is 272 g/mol. The molecule has 2 atom stereocenters. The molecule has 112 valence electrons. The molecule has 2 unspecified atom stereocenters. The van der Waals surface area contributed by atoms with Gasteiger partial charge in [-0.3, -0.25) is 0 Å². The quantitative estimate of drug-likeness (QED) is 0.641. The Hall–Kier alpha value is -0.810. The van der Waals surface area contributed by atoms with Crippen molar-refractivity contribution in [1.82, 2.24) is 10.6 Å². The Labute approximate surface area is 116 Å². The van der Waals surface area contributed by atoms with Crippen LogP contribution in [0, 0.1) is 11.8 Å². The maximum Gasteiger partial charge on any atom is 0.407 e. The molecule has 5 heteroatoms. The van der Waals surface area contributed by atoms with Crippen LogP contribution in [0.4, 0.5) is 4.79 Å². The van der Waals surface area contributed by atoms with Crippen LogP contribution in [0.15, 0.2) is 0 Å². The number of carbonyl (C=O) groups is 1. The van der Waals surface area contributed by atoms with Crippen molar-refractivity contribution in [3.8, 4) is 0 Å². The number of aliphatic hydroxyl groups excluding tert-OH is 1. The molecule has 1 amide bonds. The maximum absolute atomic E-state index is 11.4. The topological polar surface area (TPSA) is 70.6 Å². The molecule has 0 heterocycles. The van der Waals surface area contributed by atoms with E-state index in [1.54, 1.807) is 0 Å². The highest BCUT2D eigenvalue weighted by Gasteiger charge is 2.25. The number of nitrogens with one attached hydrogen (secondary N) is 2. The van der Waals surface area contributed by atoms with Gasteiger partial charge >= 0.3 is 6.09 Å². The van der Waals surface area contributed by atoms with Crippen molar-refractivity contribution >= 4 is 6.09 Å². The van der Waals surface area contributed by atoms with Crippen molar-refractivity contribution in [2.24, 2.45) is 11.8 Å². The maximum atomic E-state index is 11.4. The fraction of sp³-hybridized carbons (Fsp3) is 0.929. The van der Waals surface area contributed by atoms with E-state index in [1.807, 2.05) is 20.8 Å². The van der Waals surface area contributed by atoms with E-state index in [-0.39, 0.29) is 6.09 Å². The van der Waals surface area contributed by atoms with Gasteiger partial charge in [0.2, 0.25) is 0 Å². The standard InChI is InChI=1S/C14H28N2O3/c1-14(2,3)19-13(18)16-8-7-15-9-11-5-4-6-12(11)10-17/h11-12,15,17H,4-10H2,1-3H3,(H,16,18).